The second kappa shape index (κ2) is 11.9. The van der Waals surface area contributed by atoms with E-state index in [4.69, 9.17) is 4.74 Å². The van der Waals surface area contributed by atoms with Crippen LogP contribution in [-0.2, 0) is 22.6 Å². The van der Waals surface area contributed by atoms with Crippen LogP contribution in [0.4, 0.5) is 0 Å². The van der Waals surface area contributed by atoms with Gasteiger partial charge in [-0.25, -0.2) is 0 Å². The van der Waals surface area contributed by atoms with Gasteiger partial charge in [0.15, 0.2) is 5.96 Å². The summed E-state index contributed by atoms with van der Waals surface area (Å²) in [5.74, 6) is 0.881. The fourth-order valence-electron chi connectivity index (χ4n) is 4.49. The Kier molecular flexibility index (Phi) is 9.00. The molecule has 6 heteroatoms. The van der Waals surface area contributed by atoms with Gasteiger partial charge in [-0.05, 0) is 56.8 Å². The van der Waals surface area contributed by atoms with Crippen molar-refractivity contribution in [3.05, 3.63) is 35.4 Å². The highest BCUT2D eigenvalue weighted by molar-refractivity contribution is 5.80. The van der Waals surface area contributed by atoms with E-state index < -0.39 is 0 Å². The summed E-state index contributed by atoms with van der Waals surface area (Å²) in [4.78, 5) is 21.3. The number of likely N-dealkylation sites (tertiary alicyclic amines) is 2. The van der Waals surface area contributed by atoms with Gasteiger partial charge in [-0.2, -0.15) is 0 Å². The number of nitrogens with zero attached hydrogens (tertiary/aromatic N) is 3. The Hall–Kier alpha value is -2.08. The zero-order valence-corrected chi connectivity index (χ0v) is 18.7. The summed E-state index contributed by atoms with van der Waals surface area (Å²) in [5, 5.41) is 3.51. The van der Waals surface area contributed by atoms with Crippen molar-refractivity contribution in [1.82, 2.24) is 15.1 Å². The number of carbonyl (C=O) groups is 1. The van der Waals surface area contributed by atoms with Crippen molar-refractivity contribution in [2.45, 2.75) is 58.5 Å². The molecule has 0 bridgehead atoms. The number of hydrogen-bond acceptors (Lipinski definition) is 4. The van der Waals surface area contributed by atoms with Crippen LogP contribution in [0, 0.1) is 5.92 Å². The monoisotopic (exact) mass is 414 g/mol. The number of esters is 1. The summed E-state index contributed by atoms with van der Waals surface area (Å²) in [6.45, 7) is 8.23. The van der Waals surface area contributed by atoms with E-state index in [9.17, 15) is 4.79 Å². The number of rotatable bonds is 6. The highest BCUT2D eigenvalue weighted by atomic mass is 16.5. The quantitative estimate of drug-likeness (QED) is 0.439. The molecule has 2 saturated heterocycles. The lowest BCUT2D eigenvalue weighted by molar-refractivity contribution is -0.149. The molecular formula is C24H38N4O2. The van der Waals surface area contributed by atoms with E-state index in [1.165, 1.54) is 49.9 Å². The Morgan fingerprint density at radius 3 is 2.47 bits per heavy atom. The Balaban J connectivity index is 1.48. The largest absolute Gasteiger partial charge is 0.466 e. The summed E-state index contributed by atoms with van der Waals surface area (Å²) >= 11 is 0. The van der Waals surface area contributed by atoms with Crippen LogP contribution in [0.25, 0.3) is 0 Å². The molecule has 2 aliphatic rings. The molecule has 0 spiro atoms. The van der Waals surface area contributed by atoms with Crippen molar-refractivity contribution in [2.24, 2.45) is 10.9 Å². The van der Waals surface area contributed by atoms with Gasteiger partial charge >= 0.3 is 5.97 Å². The van der Waals surface area contributed by atoms with Crippen molar-refractivity contribution >= 4 is 11.9 Å². The number of guanidine groups is 1. The molecule has 2 aliphatic heterocycles. The van der Waals surface area contributed by atoms with Gasteiger partial charge in [0.05, 0.1) is 12.5 Å². The van der Waals surface area contributed by atoms with Crippen LogP contribution in [-0.4, -0.2) is 61.6 Å². The molecule has 0 aliphatic carbocycles. The number of aliphatic imine (C=N–C) groups is 1. The van der Waals surface area contributed by atoms with Gasteiger partial charge in [0.25, 0.3) is 0 Å². The molecule has 0 aromatic heterocycles. The van der Waals surface area contributed by atoms with Crippen LogP contribution < -0.4 is 5.32 Å². The predicted octanol–water partition coefficient (Wildman–Crippen LogP) is 3.41. The van der Waals surface area contributed by atoms with E-state index in [1.807, 2.05) is 14.0 Å². The van der Waals surface area contributed by atoms with Crippen LogP contribution >= 0.6 is 0 Å². The third-order valence-electron chi connectivity index (χ3n) is 6.17. The molecule has 0 saturated carbocycles. The fraction of sp³-hybridized carbons (Fsp3) is 0.667. The van der Waals surface area contributed by atoms with Crippen molar-refractivity contribution in [1.29, 1.82) is 0 Å². The topological polar surface area (TPSA) is 57.2 Å². The molecule has 0 atom stereocenters. The number of ether oxygens (including phenoxy) is 1. The molecule has 3 rings (SSSR count). The lowest BCUT2D eigenvalue weighted by atomic mass is 9.97. The van der Waals surface area contributed by atoms with Gasteiger partial charge in [-0.3, -0.25) is 14.7 Å². The summed E-state index contributed by atoms with van der Waals surface area (Å²) in [5.41, 5.74) is 2.67. The standard InChI is InChI=1S/C24H38N4O2/c1-3-30-23(29)22-11-15-28(16-12-22)24(25-2)26-18-20-9-8-10-21(17-20)19-27-13-6-4-5-7-14-27/h8-10,17,22H,3-7,11-16,18-19H2,1-2H3,(H,25,26). The molecule has 30 heavy (non-hydrogen) atoms. The fourth-order valence-corrected chi connectivity index (χ4v) is 4.49. The predicted molar refractivity (Wildman–Crippen MR) is 121 cm³/mol. The van der Waals surface area contributed by atoms with E-state index in [2.05, 4.69) is 44.4 Å². The lowest BCUT2D eigenvalue weighted by Crippen LogP contribution is -2.46. The number of nitrogens with one attached hydrogen (secondary N) is 1. The second-order valence-corrected chi connectivity index (χ2v) is 8.42. The first-order valence-corrected chi connectivity index (χ1v) is 11.6. The maximum Gasteiger partial charge on any atom is 0.309 e. The van der Waals surface area contributed by atoms with Crippen molar-refractivity contribution in [3.8, 4) is 0 Å². The summed E-state index contributed by atoms with van der Waals surface area (Å²) in [6.07, 6.45) is 7.04. The van der Waals surface area contributed by atoms with E-state index in [-0.39, 0.29) is 11.9 Å². The minimum Gasteiger partial charge on any atom is -0.466 e. The molecule has 6 nitrogen and oxygen atoms in total. The van der Waals surface area contributed by atoms with Crippen molar-refractivity contribution in [3.63, 3.8) is 0 Å². The maximum atomic E-state index is 12.0. The molecule has 0 amide bonds. The zero-order valence-electron chi connectivity index (χ0n) is 18.7. The molecule has 0 radical (unpaired) electrons. The molecular weight excluding hydrogens is 376 g/mol. The molecule has 0 unspecified atom stereocenters. The summed E-state index contributed by atoms with van der Waals surface area (Å²) < 4.78 is 5.17. The lowest BCUT2D eigenvalue weighted by Gasteiger charge is -2.33. The number of carbonyl (C=O) groups excluding carboxylic acids is 1. The molecule has 166 valence electrons. The Morgan fingerprint density at radius 1 is 1.10 bits per heavy atom. The third-order valence-corrected chi connectivity index (χ3v) is 6.17. The van der Waals surface area contributed by atoms with Gasteiger partial charge in [-0.15, -0.1) is 0 Å². The SMILES string of the molecule is CCOC(=O)C1CCN(C(=NC)NCc2cccc(CN3CCCCCC3)c2)CC1. The second-order valence-electron chi connectivity index (χ2n) is 8.42. The average Bonchev–Trinajstić information content (AvgIpc) is 3.04. The first-order chi connectivity index (χ1) is 14.7. The van der Waals surface area contributed by atoms with Crippen LogP contribution in [0.2, 0.25) is 0 Å². The van der Waals surface area contributed by atoms with E-state index in [0.717, 1.165) is 45.0 Å². The van der Waals surface area contributed by atoms with Crippen molar-refractivity contribution in [2.75, 3.05) is 39.8 Å². The molecule has 2 heterocycles. The number of piperidine rings is 1. The van der Waals surface area contributed by atoms with Gasteiger partial charge in [0, 0.05) is 33.2 Å². The zero-order chi connectivity index (χ0) is 21.2. The molecule has 1 aromatic carbocycles. The number of benzene rings is 1. The Morgan fingerprint density at radius 2 is 1.80 bits per heavy atom. The Bertz CT molecular complexity index is 690. The van der Waals surface area contributed by atoms with Crippen LogP contribution in [0.15, 0.2) is 29.3 Å². The van der Waals surface area contributed by atoms with Crippen molar-refractivity contribution < 1.29 is 9.53 Å². The van der Waals surface area contributed by atoms with Crippen LogP contribution in [0.1, 0.15) is 56.6 Å². The third kappa shape index (κ3) is 6.73. The van der Waals surface area contributed by atoms with Gasteiger partial charge < -0.3 is 15.0 Å². The highest BCUT2D eigenvalue weighted by Gasteiger charge is 2.27. The number of hydrogen-bond donors (Lipinski definition) is 1. The van der Waals surface area contributed by atoms with Crippen LogP contribution in [0.3, 0.4) is 0 Å². The first kappa shape index (κ1) is 22.6. The smallest absolute Gasteiger partial charge is 0.309 e. The molecule has 2 fully saturated rings. The molecule has 1 N–H and O–H groups in total. The minimum absolute atomic E-state index is 0.0231. The van der Waals surface area contributed by atoms with Gasteiger partial charge in [-0.1, -0.05) is 37.1 Å². The van der Waals surface area contributed by atoms with E-state index in [1.54, 1.807) is 0 Å². The highest BCUT2D eigenvalue weighted by Crippen LogP contribution is 2.19. The minimum atomic E-state index is -0.0543. The van der Waals surface area contributed by atoms with Gasteiger partial charge in [0.1, 0.15) is 0 Å². The molecule has 1 aromatic rings. The average molecular weight is 415 g/mol. The van der Waals surface area contributed by atoms with Crippen LogP contribution in [0.5, 0.6) is 0 Å². The first-order valence-electron chi connectivity index (χ1n) is 11.6. The Labute approximate surface area is 181 Å². The normalized spacial score (nSPS) is 19.4. The maximum absolute atomic E-state index is 12.0. The summed E-state index contributed by atoms with van der Waals surface area (Å²) in [6, 6.07) is 8.90. The summed E-state index contributed by atoms with van der Waals surface area (Å²) in [7, 11) is 1.83. The van der Waals surface area contributed by atoms with Gasteiger partial charge in [0.2, 0.25) is 0 Å². The van der Waals surface area contributed by atoms with E-state index in [0.29, 0.717) is 6.61 Å². The van der Waals surface area contributed by atoms with E-state index >= 15 is 0 Å².